The lowest BCUT2D eigenvalue weighted by Crippen LogP contribution is -2.21. The first-order valence-electron chi connectivity index (χ1n) is 13.0. The summed E-state index contributed by atoms with van der Waals surface area (Å²) in [4.78, 5) is 38.9. The van der Waals surface area contributed by atoms with Crippen molar-refractivity contribution in [1.82, 2.24) is 5.43 Å². The van der Waals surface area contributed by atoms with Crippen LogP contribution in [0.25, 0.3) is 0 Å². The summed E-state index contributed by atoms with van der Waals surface area (Å²) in [5.74, 6) is 0.108. The largest absolute Gasteiger partial charge is 0.497 e. The summed E-state index contributed by atoms with van der Waals surface area (Å²) >= 11 is 3.39. The zero-order chi connectivity index (χ0) is 31.6. The van der Waals surface area contributed by atoms with Crippen molar-refractivity contribution < 1.29 is 38.1 Å². The van der Waals surface area contributed by atoms with E-state index >= 15 is 0 Å². The minimum absolute atomic E-state index is 0.158. The topological polar surface area (TPSA) is 134 Å². The van der Waals surface area contributed by atoms with Crippen LogP contribution in [0.15, 0.2) is 88.4 Å². The van der Waals surface area contributed by atoms with Crippen LogP contribution in [0.4, 0.5) is 5.69 Å². The van der Waals surface area contributed by atoms with Crippen LogP contribution in [-0.2, 0) is 0 Å². The van der Waals surface area contributed by atoms with Crippen LogP contribution in [0.1, 0.15) is 36.6 Å². The van der Waals surface area contributed by atoms with Crippen molar-refractivity contribution in [2.24, 2.45) is 5.10 Å². The van der Waals surface area contributed by atoms with E-state index in [1.165, 1.54) is 52.9 Å². The average Bonchev–Trinajstić information content (AvgIpc) is 3.05. The Hall–Kier alpha value is -5.36. The molecule has 11 nitrogen and oxygen atoms in total. The number of esters is 1. The maximum Gasteiger partial charge on any atom is 0.343 e. The molecule has 0 saturated heterocycles. The molecule has 0 bridgehead atoms. The van der Waals surface area contributed by atoms with E-state index in [2.05, 4.69) is 31.8 Å². The van der Waals surface area contributed by atoms with Gasteiger partial charge in [-0.05, 0) is 66.7 Å². The van der Waals surface area contributed by atoms with Crippen molar-refractivity contribution in [2.45, 2.75) is 0 Å². The molecule has 4 aromatic rings. The first-order chi connectivity index (χ1) is 21.3. The molecule has 44 heavy (non-hydrogen) atoms. The Morgan fingerprint density at radius 1 is 0.727 bits per heavy atom. The number of benzene rings is 4. The molecule has 0 aromatic heterocycles. The highest BCUT2D eigenvalue weighted by atomic mass is 79.9. The maximum atomic E-state index is 13.1. The van der Waals surface area contributed by atoms with Gasteiger partial charge in [0.1, 0.15) is 11.5 Å². The Labute approximate surface area is 261 Å². The molecule has 226 valence electrons. The van der Waals surface area contributed by atoms with Gasteiger partial charge in [-0.25, -0.2) is 10.2 Å². The predicted octanol–water partition coefficient (Wildman–Crippen LogP) is 5.72. The van der Waals surface area contributed by atoms with Crippen molar-refractivity contribution in [2.75, 3.05) is 33.8 Å². The third-order valence-electron chi connectivity index (χ3n) is 6.22. The van der Waals surface area contributed by atoms with E-state index in [0.29, 0.717) is 38.6 Å². The van der Waals surface area contributed by atoms with E-state index < -0.39 is 17.8 Å². The smallest absolute Gasteiger partial charge is 0.343 e. The molecule has 2 amide bonds. The molecule has 4 aromatic carbocycles. The summed E-state index contributed by atoms with van der Waals surface area (Å²) in [6.45, 7) is 0. The monoisotopic (exact) mass is 661 g/mol. The first-order valence-corrected chi connectivity index (χ1v) is 13.8. The van der Waals surface area contributed by atoms with Gasteiger partial charge in [0.25, 0.3) is 11.8 Å². The Bertz CT molecular complexity index is 1680. The summed E-state index contributed by atoms with van der Waals surface area (Å²) in [6, 6.07) is 20.9. The Balaban J connectivity index is 1.49. The van der Waals surface area contributed by atoms with Crippen LogP contribution in [0.3, 0.4) is 0 Å². The SMILES string of the molecule is COc1ccc(C(=O)Oc2ccc(Br)cc2/C=N\NC(=O)c2ccccc2NC(=O)c2cc(OC)c(OC)c(OC)c2)cc1. The zero-order valence-corrected chi connectivity index (χ0v) is 25.8. The number of amides is 2. The number of hydrogen-bond acceptors (Lipinski definition) is 9. The van der Waals surface area contributed by atoms with Gasteiger partial charge in [0, 0.05) is 15.6 Å². The van der Waals surface area contributed by atoms with Crippen LogP contribution < -0.4 is 34.4 Å². The van der Waals surface area contributed by atoms with Gasteiger partial charge < -0.3 is 29.0 Å². The van der Waals surface area contributed by atoms with Gasteiger partial charge in [0.2, 0.25) is 5.75 Å². The number of nitrogens with zero attached hydrogens (tertiary/aromatic N) is 1. The summed E-state index contributed by atoms with van der Waals surface area (Å²) in [5.41, 5.74) is 3.83. The highest BCUT2D eigenvalue weighted by molar-refractivity contribution is 9.10. The van der Waals surface area contributed by atoms with E-state index in [0.717, 1.165) is 0 Å². The fourth-order valence-electron chi connectivity index (χ4n) is 4.02. The minimum atomic E-state index is -0.589. The summed E-state index contributed by atoms with van der Waals surface area (Å²) in [6.07, 6.45) is 1.34. The summed E-state index contributed by atoms with van der Waals surface area (Å²) in [7, 11) is 5.89. The first kappa shape index (κ1) is 31.6. The molecule has 2 N–H and O–H groups in total. The number of ether oxygens (including phenoxy) is 5. The number of para-hydroxylation sites is 1. The van der Waals surface area contributed by atoms with Gasteiger partial charge in [0.05, 0.1) is 51.5 Å². The van der Waals surface area contributed by atoms with E-state index in [9.17, 15) is 14.4 Å². The standard InChI is InChI=1S/C32H28BrN3O8/c1-40-23-12-9-19(10-13-23)32(39)44-26-14-11-22(33)15-21(26)18-34-36-31(38)24-7-5-6-8-25(24)35-30(37)20-16-27(41-2)29(43-4)28(17-20)42-3/h5-18H,1-4H3,(H,35,37)(H,36,38)/b34-18-. The number of hydrogen-bond donors (Lipinski definition) is 2. The van der Waals surface area contributed by atoms with E-state index in [4.69, 9.17) is 23.7 Å². The summed E-state index contributed by atoms with van der Waals surface area (Å²) in [5, 5.41) is 6.79. The van der Waals surface area contributed by atoms with Gasteiger partial charge in [-0.3, -0.25) is 9.59 Å². The number of nitrogens with one attached hydrogen (secondary N) is 2. The number of methoxy groups -OCH3 is 4. The third kappa shape index (κ3) is 7.53. The Morgan fingerprint density at radius 2 is 1.41 bits per heavy atom. The molecule has 0 aliphatic rings. The molecule has 4 rings (SSSR count). The fraction of sp³-hybridized carbons (Fsp3) is 0.125. The second kappa shape index (κ2) is 14.7. The van der Waals surface area contributed by atoms with Crippen LogP contribution in [0, 0.1) is 0 Å². The molecule has 0 spiro atoms. The fourth-order valence-corrected chi connectivity index (χ4v) is 4.40. The minimum Gasteiger partial charge on any atom is -0.497 e. The molecular formula is C32H28BrN3O8. The van der Waals surface area contributed by atoms with Crippen molar-refractivity contribution in [1.29, 1.82) is 0 Å². The Kier molecular flexibility index (Phi) is 10.5. The molecule has 0 fully saturated rings. The van der Waals surface area contributed by atoms with Crippen LogP contribution in [0.2, 0.25) is 0 Å². The second-order valence-corrected chi connectivity index (χ2v) is 9.83. The third-order valence-corrected chi connectivity index (χ3v) is 6.71. The number of carbonyl (C=O) groups excluding carboxylic acids is 3. The van der Waals surface area contributed by atoms with Crippen LogP contribution >= 0.6 is 15.9 Å². The number of hydrazone groups is 1. The van der Waals surface area contributed by atoms with Crippen LogP contribution in [-0.4, -0.2) is 52.4 Å². The molecule has 0 saturated carbocycles. The molecule has 0 heterocycles. The number of rotatable bonds is 11. The number of carbonyl (C=O) groups is 3. The normalized spacial score (nSPS) is 10.6. The quantitative estimate of drug-likeness (QED) is 0.0902. The molecule has 0 radical (unpaired) electrons. The Morgan fingerprint density at radius 3 is 2.05 bits per heavy atom. The molecule has 0 aliphatic heterocycles. The lowest BCUT2D eigenvalue weighted by Gasteiger charge is -2.15. The second-order valence-electron chi connectivity index (χ2n) is 8.91. The molecule has 0 unspecified atom stereocenters. The van der Waals surface area contributed by atoms with Gasteiger partial charge in [-0.2, -0.15) is 5.10 Å². The van der Waals surface area contributed by atoms with Crippen LogP contribution in [0.5, 0.6) is 28.7 Å². The molecule has 0 aliphatic carbocycles. The highest BCUT2D eigenvalue weighted by Crippen LogP contribution is 2.38. The zero-order valence-electron chi connectivity index (χ0n) is 24.2. The number of halogens is 1. The van der Waals surface area contributed by atoms with Gasteiger partial charge >= 0.3 is 5.97 Å². The van der Waals surface area contributed by atoms with Crippen molar-refractivity contribution >= 4 is 45.6 Å². The summed E-state index contributed by atoms with van der Waals surface area (Å²) < 4.78 is 27.4. The van der Waals surface area contributed by atoms with Gasteiger partial charge in [-0.15, -0.1) is 0 Å². The lowest BCUT2D eigenvalue weighted by atomic mass is 10.1. The van der Waals surface area contributed by atoms with E-state index in [1.807, 2.05) is 0 Å². The average molecular weight is 662 g/mol. The maximum absolute atomic E-state index is 13.1. The molecular weight excluding hydrogens is 634 g/mol. The van der Waals surface area contributed by atoms with E-state index in [1.54, 1.807) is 60.7 Å². The predicted molar refractivity (Wildman–Crippen MR) is 168 cm³/mol. The lowest BCUT2D eigenvalue weighted by molar-refractivity contribution is 0.0733. The highest BCUT2D eigenvalue weighted by Gasteiger charge is 2.19. The van der Waals surface area contributed by atoms with E-state index in [-0.39, 0.29) is 22.6 Å². The molecule has 12 heteroatoms. The van der Waals surface area contributed by atoms with Crippen molar-refractivity contribution in [3.63, 3.8) is 0 Å². The number of anilines is 1. The van der Waals surface area contributed by atoms with Gasteiger partial charge in [-0.1, -0.05) is 28.1 Å². The van der Waals surface area contributed by atoms with Crippen molar-refractivity contribution in [3.8, 4) is 28.7 Å². The van der Waals surface area contributed by atoms with Crippen molar-refractivity contribution in [3.05, 3.63) is 106 Å². The van der Waals surface area contributed by atoms with Gasteiger partial charge in [0.15, 0.2) is 11.5 Å². The molecule has 0 atom stereocenters.